The van der Waals surface area contributed by atoms with Crippen LogP contribution in [-0.2, 0) is 11.3 Å². The SMILES string of the molecule is CCCN(CCNC(=O)OCc1ccccc1)c1ncc(C(=O)c2ccccc2)cn1. The van der Waals surface area contributed by atoms with Crippen molar-refractivity contribution < 1.29 is 14.3 Å². The Morgan fingerprint density at radius 3 is 2.19 bits per heavy atom. The van der Waals surface area contributed by atoms with Crippen molar-refractivity contribution in [3.8, 4) is 0 Å². The van der Waals surface area contributed by atoms with Crippen molar-refractivity contribution in [2.45, 2.75) is 20.0 Å². The number of carbonyl (C=O) groups is 2. The number of alkyl carbamates (subject to hydrolysis) is 1. The number of amides is 1. The van der Waals surface area contributed by atoms with Gasteiger partial charge >= 0.3 is 6.09 Å². The molecule has 1 heterocycles. The van der Waals surface area contributed by atoms with E-state index in [1.54, 1.807) is 24.5 Å². The number of nitrogens with one attached hydrogen (secondary N) is 1. The van der Waals surface area contributed by atoms with Crippen molar-refractivity contribution in [2.24, 2.45) is 0 Å². The molecule has 0 fully saturated rings. The fraction of sp³-hybridized carbons (Fsp3) is 0.250. The molecule has 0 aliphatic carbocycles. The van der Waals surface area contributed by atoms with Crippen LogP contribution in [0.2, 0.25) is 0 Å². The number of ether oxygens (including phenoxy) is 1. The average Bonchev–Trinajstić information content (AvgIpc) is 2.83. The molecule has 0 aliphatic rings. The van der Waals surface area contributed by atoms with Crippen LogP contribution in [-0.4, -0.2) is 41.5 Å². The number of ketones is 1. The van der Waals surface area contributed by atoms with Gasteiger partial charge in [-0.15, -0.1) is 0 Å². The predicted octanol–water partition coefficient (Wildman–Crippen LogP) is 3.85. The van der Waals surface area contributed by atoms with Crippen LogP contribution in [0.25, 0.3) is 0 Å². The lowest BCUT2D eigenvalue weighted by Gasteiger charge is -2.22. The summed E-state index contributed by atoms with van der Waals surface area (Å²) in [5.74, 6) is 0.405. The van der Waals surface area contributed by atoms with Crippen LogP contribution in [0.5, 0.6) is 0 Å². The van der Waals surface area contributed by atoms with E-state index in [1.165, 1.54) is 0 Å². The van der Waals surface area contributed by atoms with Gasteiger partial charge in [0.05, 0.1) is 5.56 Å². The standard InChI is InChI=1S/C24H26N4O3/c1-2-14-28(15-13-25-24(30)31-18-19-9-5-3-6-10-19)23-26-16-21(17-27-23)22(29)20-11-7-4-8-12-20/h3-12,16-17H,2,13-15,18H2,1H3,(H,25,30). The lowest BCUT2D eigenvalue weighted by atomic mass is 10.1. The first kappa shape index (κ1) is 22.0. The number of nitrogens with zero attached hydrogens (tertiary/aromatic N) is 3. The Hall–Kier alpha value is -3.74. The van der Waals surface area contributed by atoms with Crippen molar-refractivity contribution in [3.05, 3.63) is 89.7 Å². The maximum absolute atomic E-state index is 12.5. The monoisotopic (exact) mass is 418 g/mol. The average molecular weight is 418 g/mol. The van der Waals surface area contributed by atoms with Gasteiger partial charge in [-0.2, -0.15) is 0 Å². The fourth-order valence-electron chi connectivity index (χ4n) is 3.01. The van der Waals surface area contributed by atoms with Gasteiger partial charge in [-0.3, -0.25) is 4.79 Å². The Kier molecular flexibility index (Phi) is 8.11. The predicted molar refractivity (Wildman–Crippen MR) is 119 cm³/mol. The van der Waals surface area contributed by atoms with E-state index in [4.69, 9.17) is 4.74 Å². The molecule has 1 aromatic heterocycles. The maximum Gasteiger partial charge on any atom is 0.407 e. The molecular formula is C24H26N4O3. The highest BCUT2D eigenvalue weighted by Gasteiger charge is 2.13. The van der Waals surface area contributed by atoms with Crippen molar-refractivity contribution in [3.63, 3.8) is 0 Å². The van der Waals surface area contributed by atoms with Gasteiger partial charge in [0.1, 0.15) is 6.61 Å². The van der Waals surface area contributed by atoms with Crippen LogP contribution in [0.1, 0.15) is 34.8 Å². The second-order valence-electron chi connectivity index (χ2n) is 6.94. The van der Waals surface area contributed by atoms with Crippen LogP contribution in [0.4, 0.5) is 10.7 Å². The molecule has 0 aliphatic heterocycles. The summed E-state index contributed by atoms with van der Waals surface area (Å²) in [6.07, 6.45) is 3.51. The van der Waals surface area contributed by atoms with E-state index in [0.717, 1.165) is 18.5 Å². The topological polar surface area (TPSA) is 84.4 Å². The molecule has 7 nitrogen and oxygen atoms in total. The number of hydrogen-bond acceptors (Lipinski definition) is 6. The maximum atomic E-state index is 12.5. The molecule has 0 unspecified atom stereocenters. The summed E-state index contributed by atoms with van der Waals surface area (Å²) in [7, 11) is 0. The molecule has 160 valence electrons. The Morgan fingerprint density at radius 2 is 1.55 bits per heavy atom. The second kappa shape index (κ2) is 11.4. The molecule has 0 saturated heterocycles. The minimum atomic E-state index is -0.468. The van der Waals surface area contributed by atoms with E-state index in [1.807, 2.05) is 53.4 Å². The molecule has 1 amide bonds. The van der Waals surface area contributed by atoms with Crippen molar-refractivity contribution >= 4 is 17.8 Å². The minimum Gasteiger partial charge on any atom is -0.445 e. The first-order valence-corrected chi connectivity index (χ1v) is 10.3. The van der Waals surface area contributed by atoms with E-state index in [-0.39, 0.29) is 12.4 Å². The number of aromatic nitrogens is 2. The van der Waals surface area contributed by atoms with Crippen LogP contribution >= 0.6 is 0 Å². The number of carbonyl (C=O) groups excluding carboxylic acids is 2. The highest BCUT2D eigenvalue weighted by atomic mass is 16.5. The lowest BCUT2D eigenvalue weighted by Crippen LogP contribution is -2.36. The zero-order chi connectivity index (χ0) is 21.9. The summed E-state index contributed by atoms with van der Waals surface area (Å²) in [5.41, 5.74) is 1.97. The van der Waals surface area contributed by atoms with Gasteiger partial charge in [0.15, 0.2) is 5.78 Å². The van der Waals surface area contributed by atoms with E-state index in [9.17, 15) is 9.59 Å². The van der Waals surface area contributed by atoms with E-state index in [2.05, 4.69) is 22.2 Å². The molecular weight excluding hydrogens is 392 g/mol. The Labute approximate surface area is 182 Å². The molecule has 7 heteroatoms. The smallest absolute Gasteiger partial charge is 0.407 e. The van der Waals surface area contributed by atoms with Gasteiger partial charge in [0, 0.05) is 37.6 Å². The molecule has 2 aromatic carbocycles. The van der Waals surface area contributed by atoms with Gasteiger partial charge < -0.3 is 15.0 Å². The quantitative estimate of drug-likeness (QED) is 0.504. The van der Waals surface area contributed by atoms with Crippen LogP contribution in [0.3, 0.4) is 0 Å². The Bertz CT molecular complexity index is 963. The highest BCUT2D eigenvalue weighted by molar-refractivity contribution is 6.08. The second-order valence-corrected chi connectivity index (χ2v) is 6.94. The first-order valence-electron chi connectivity index (χ1n) is 10.3. The molecule has 3 rings (SSSR count). The molecule has 1 N–H and O–H groups in total. The van der Waals surface area contributed by atoms with Gasteiger partial charge in [-0.05, 0) is 12.0 Å². The third-order valence-electron chi connectivity index (χ3n) is 4.58. The third-order valence-corrected chi connectivity index (χ3v) is 4.58. The Morgan fingerprint density at radius 1 is 0.903 bits per heavy atom. The number of rotatable bonds is 10. The first-order chi connectivity index (χ1) is 15.2. The summed E-state index contributed by atoms with van der Waals surface area (Å²) in [5, 5.41) is 2.75. The summed E-state index contributed by atoms with van der Waals surface area (Å²) in [4.78, 5) is 35.1. The largest absolute Gasteiger partial charge is 0.445 e. The van der Waals surface area contributed by atoms with Crippen molar-refractivity contribution in [1.29, 1.82) is 0 Å². The fourth-order valence-corrected chi connectivity index (χ4v) is 3.01. The van der Waals surface area contributed by atoms with Crippen LogP contribution < -0.4 is 10.2 Å². The van der Waals surface area contributed by atoms with Gasteiger partial charge in [0.2, 0.25) is 5.95 Å². The molecule has 0 spiro atoms. The number of benzene rings is 2. The number of hydrogen-bond donors (Lipinski definition) is 1. The summed E-state index contributed by atoms with van der Waals surface area (Å²) >= 11 is 0. The molecule has 0 radical (unpaired) electrons. The Balaban J connectivity index is 1.51. The van der Waals surface area contributed by atoms with E-state index < -0.39 is 6.09 Å². The van der Waals surface area contributed by atoms with Crippen molar-refractivity contribution in [2.75, 3.05) is 24.5 Å². The zero-order valence-corrected chi connectivity index (χ0v) is 17.5. The molecule has 3 aromatic rings. The normalized spacial score (nSPS) is 10.4. The lowest BCUT2D eigenvalue weighted by molar-refractivity contribution is 0.103. The highest BCUT2D eigenvalue weighted by Crippen LogP contribution is 2.11. The summed E-state index contributed by atoms with van der Waals surface area (Å²) in [6.45, 7) is 3.93. The van der Waals surface area contributed by atoms with Crippen LogP contribution in [0, 0.1) is 0 Å². The molecule has 31 heavy (non-hydrogen) atoms. The molecule has 0 atom stereocenters. The van der Waals surface area contributed by atoms with Crippen LogP contribution in [0.15, 0.2) is 73.1 Å². The summed E-state index contributed by atoms with van der Waals surface area (Å²) < 4.78 is 5.22. The van der Waals surface area contributed by atoms with Crippen molar-refractivity contribution in [1.82, 2.24) is 15.3 Å². The zero-order valence-electron chi connectivity index (χ0n) is 17.5. The summed E-state index contributed by atoms with van der Waals surface area (Å²) in [6, 6.07) is 18.6. The van der Waals surface area contributed by atoms with E-state index >= 15 is 0 Å². The van der Waals surface area contributed by atoms with Gasteiger partial charge in [-0.25, -0.2) is 14.8 Å². The minimum absolute atomic E-state index is 0.114. The molecule has 0 saturated carbocycles. The van der Waals surface area contributed by atoms with Gasteiger partial charge in [-0.1, -0.05) is 67.6 Å². The number of anilines is 1. The van der Waals surface area contributed by atoms with Gasteiger partial charge in [0.25, 0.3) is 0 Å². The molecule has 0 bridgehead atoms. The van der Waals surface area contributed by atoms with E-state index in [0.29, 0.717) is 30.2 Å². The third kappa shape index (κ3) is 6.64.